The number of alkyl halides is 3. The number of nitrogens with zero attached hydrogens (tertiary/aromatic N) is 5. The number of hydrogen-bond donors (Lipinski definition) is 1. The molecule has 0 radical (unpaired) electrons. The van der Waals surface area contributed by atoms with Crippen molar-refractivity contribution in [1.29, 1.82) is 0 Å². The summed E-state index contributed by atoms with van der Waals surface area (Å²) in [4.78, 5) is 37.6. The minimum atomic E-state index is -5.08. The van der Waals surface area contributed by atoms with Crippen LogP contribution in [0.2, 0.25) is 0 Å². The highest BCUT2D eigenvalue weighted by Gasteiger charge is 2.45. The van der Waals surface area contributed by atoms with Gasteiger partial charge < -0.3 is 14.9 Å². The van der Waals surface area contributed by atoms with E-state index in [4.69, 9.17) is 9.90 Å². The third-order valence-electron chi connectivity index (χ3n) is 4.59. The van der Waals surface area contributed by atoms with E-state index in [2.05, 4.69) is 19.9 Å². The molecule has 2 aromatic rings. The lowest BCUT2D eigenvalue weighted by atomic mass is 10.1. The molecule has 2 saturated heterocycles. The van der Waals surface area contributed by atoms with E-state index in [1.165, 1.54) is 23.7 Å². The normalized spacial score (nSPS) is 20.8. The highest BCUT2D eigenvalue weighted by molar-refractivity contribution is 7.07. The summed E-state index contributed by atoms with van der Waals surface area (Å²) < 4.78 is 44.7. The topological polar surface area (TPSA) is 99.5 Å². The zero-order chi connectivity index (χ0) is 21.2. The fourth-order valence-corrected chi connectivity index (χ4v) is 3.93. The van der Waals surface area contributed by atoms with Crippen LogP contribution in [0.15, 0.2) is 23.3 Å². The summed E-state index contributed by atoms with van der Waals surface area (Å²) in [5.74, 6) is -2.66. The zero-order valence-electron chi connectivity index (χ0n) is 14.7. The molecular formula is C16H15F4N5O3S. The highest BCUT2D eigenvalue weighted by Crippen LogP contribution is 2.34. The van der Waals surface area contributed by atoms with Crippen molar-refractivity contribution in [3.63, 3.8) is 0 Å². The van der Waals surface area contributed by atoms with Gasteiger partial charge in [-0.1, -0.05) is 0 Å². The molecule has 156 valence electrons. The number of aliphatic carboxylic acids is 1. The molecular weight excluding hydrogens is 418 g/mol. The monoisotopic (exact) mass is 433 g/mol. The van der Waals surface area contributed by atoms with E-state index in [-0.39, 0.29) is 18.0 Å². The number of thiazole rings is 1. The van der Waals surface area contributed by atoms with Gasteiger partial charge in [0.25, 0.3) is 5.91 Å². The molecule has 0 bridgehead atoms. The molecule has 2 aromatic heterocycles. The highest BCUT2D eigenvalue weighted by atomic mass is 32.1. The Labute approximate surface area is 165 Å². The molecule has 1 N–H and O–H groups in total. The summed E-state index contributed by atoms with van der Waals surface area (Å²) in [6.07, 6.45) is -0.964. The third-order valence-corrected chi connectivity index (χ3v) is 5.18. The molecule has 0 aromatic carbocycles. The van der Waals surface area contributed by atoms with Gasteiger partial charge in [-0.05, 0) is 12.8 Å². The van der Waals surface area contributed by atoms with Crippen LogP contribution in [-0.4, -0.2) is 68.2 Å². The fourth-order valence-electron chi connectivity index (χ4n) is 3.41. The number of hydrogen-bond acceptors (Lipinski definition) is 7. The molecule has 2 fully saturated rings. The van der Waals surface area contributed by atoms with Gasteiger partial charge in [-0.25, -0.2) is 24.1 Å². The van der Waals surface area contributed by atoms with Crippen molar-refractivity contribution in [2.45, 2.75) is 31.1 Å². The van der Waals surface area contributed by atoms with E-state index in [1.54, 1.807) is 10.9 Å². The minimum Gasteiger partial charge on any atom is -0.475 e. The van der Waals surface area contributed by atoms with Crippen molar-refractivity contribution < 1.29 is 32.3 Å². The standard InChI is InChI=1S/C14H14FN5OS.C2HF3O2/c15-9-5-16-14(17-6-9)20-4-2-11-12(20)1-3-19(11)13(21)10-7-22-8-18-10;3-2(4,5)1(6)7/h5-8,11-12H,1-4H2;(H,6,7)/t11-,12+;/m0./s1. The molecule has 1 amide bonds. The van der Waals surface area contributed by atoms with Crippen molar-refractivity contribution in [3.05, 3.63) is 34.8 Å². The predicted octanol–water partition coefficient (Wildman–Crippen LogP) is 2.20. The second kappa shape index (κ2) is 8.27. The van der Waals surface area contributed by atoms with Crippen LogP contribution in [0.1, 0.15) is 23.3 Å². The van der Waals surface area contributed by atoms with Crippen LogP contribution in [0.3, 0.4) is 0 Å². The van der Waals surface area contributed by atoms with Crippen LogP contribution in [-0.2, 0) is 4.79 Å². The Balaban J connectivity index is 0.000000298. The smallest absolute Gasteiger partial charge is 0.475 e. The Hall–Kier alpha value is -2.83. The van der Waals surface area contributed by atoms with E-state index in [0.29, 0.717) is 18.2 Å². The number of likely N-dealkylation sites (tertiary alicyclic amines) is 1. The number of amides is 1. The summed E-state index contributed by atoms with van der Waals surface area (Å²) in [7, 11) is 0. The Morgan fingerprint density at radius 1 is 1.10 bits per heavy atom. The molecule has 4 rings (SSSR count). The minimum absolute atomic E-state index is 0.00405. The van der Waals surface area contributed by atoms with Crippen LogP contribution in [0.25, 0.3) is 0 Å². The second-order valence-corrected chi connectivity index (χ2v) is 7.00. The van der Waals surface area contributed by atoms with E-state index in [9.17, 15) is 22.4 Å². The Bertz CT molecular complexity index is 862. The van der Waals surface area contributed by atoms with Gasteiger partial charge in [-0.15, -0.1) is 11.3 Å². The first kappa shape index (κ1) is 20.9. The number of anilines is 1. The molecule has 29 heavy (non-hydrogen) atoms. The molecule has 4 heterocycles. The first-order valence-corrected chi connectivity index (χ1v) is 9.36. The summed E-state index contributed by atoms with van der Waals surface area (Å²) in [5, 5.41) is 8.91. The zero-order valence-corrected chi connectivity index (χ0v) is 15.5. The fraction of sp³-hybridized carbons (Fsp3) is 0.438. The lowest BCUT2D eigenvalue weighted by molar-refractivity contribution is -0.192. The second-order valence-electron chi connectivity index (χ2n) is 6.28. The van der Waals surface area contributed by atoms with Gasteiger partial charge in [0.1, 0.15) is 5.69 Å². The predicted molar refractivity (Wildman–Crippen MR) is 93.0 cm³/mol. The quantitative estimate of drug-likeness (QED) is 0.725. The summed E-state index contributed by atoms with van der Waals surface area (Å²) in [5.41, 5.74) is 2.19. The van der Waals surface area contributed by atoms with E-state index < -0.39 is 18.0 Å². The first-order chi connectivity index (χ1) is 13.7. The van der Waals surface area contributed by atoms with E-state index in [0.717, 1.165) is 19.4 Å². The van der Waals surface area contributed by atoms with Gasteiger partial charge in [0.15, 0.2) is 5.82 Å². The molecule has 0 spiro atoms. The third kappa shape index (κ3) is 4.60. The van der Waals surface area contributed by atoms with Crippen LogP contribution >= 0.6 is 11.3 Å². The lowest BCUT2D eigenvalue weighted by Gasteiger charge is -2.25. The molecule has 0 aliphatic carbocycles. The number of carbonyl (C=O) groups excluding carboxylic acids is 1. The van der Waals surface area contributed by atoms with Crippen LogP contribution in [0.4, 0.5) is 23.5 Å². The summed E-state index contributed by atoms with van der Waals surface area (Å²) in [6.45, 7) is 1.49. The lowest BCUT2D eigenvalue weighted by Crippen LogP contribution is -2.40. The molecule has 2 atom stereocenters. The molecule has 2 aliphatic heterocycles. The van der Waals surface area contributed by atoms with Gasteiger partial charge in [-0.2, -0.15) is 13.2 Å². The molecule has 2 aliphatic rings. The molecule has 0 unspecified atom stereocenters. The van der Waals surface area contributed by atoms with Crippen molar-refractivity contribution in [1.82, 2.24) is 19.9 Å². The van der Waals surface area contributed by atoms with Gasteiger partial charge in [0.05, 0.1) is 30.0 Å². The Morgan fingerprint density at radius 2 is 1.72 bits per heavy atom. The summed E-state index contributed by atoms with van der Waals surface area (Å²) >= 11 is 1.43. The summed E-state index contributed by atoms with van der Waals surface area (Å²) in [6, 6.07) is 0.357. The van der Waals surface area contributed by atoms with Gasteiger partial charge in [0, 0.05) is 18.5 Å². The number of carbonyl (C=O) groups is 2. The maximum atomic E-state index is 13.0. The largest absolute Gasteiger partial charge is 0.490 e. The number of aromatic nitrogens is 3. The van der Waals surface area contributed by atoms with Crippen molar-refractivity contribution in [3.8, 4) is 0 Å². The number of carboxylic acid groups (broad SMARTS) is 1. The molecule has 0 saturated carbocycles. The average Bonchev–Trinajstić information content (AvgIpc) is 3.39. The molecule has 13 heteroatoms. The number of fused-ring (bicyclic) bond motifs is 1. The number of halogens is 4. The van der Waals surface area contributed by atoms with Crippen LogP contribution in [0.5, 0.6) is 0 Å². The van der Waals surface area contributed by atoms with Crippen LogP contribution < -0.4 is 4.90 Å². The maximum Gasteiger partial charge on any atom is 0.490 e. The van der Waals surface area contributed by atoms with Gasteiger partial charge in [0.2, 0.25) is 5.95 Å². The average molecular weight is 433 g/mol. The number of carboxylic acids is 1. The molecule has 8 nitrogen and oxygen atoms in total. The number of rotatable bonds is 2. The van der Waals surface area contributed by atoms with Crippen molar-refractivity contribution in [2.75, 3.05) is 18.0 Å². The van der Waals surface area contributed by atoms with Gasteiger partial charge in [-0.3, -0.25) is 4.79 Å². The van der Waals surface area contributed by atoms with Gasteiger partial charge >= 0.3 is 12.1 Å². The maximum absolute atomic E-state index is 13.0. The Kier molecular flexibility index (Phi) is 5.96. The SMILES string of the molecule is O=C(O)C(F)(F)F.O=C(c1cscn1)N1CC[C@@H]2[C@@H]1CCN2c1ncc(F)cn1. The van der Waals surface area contributed by atoms with Crippen molar-refractivity contribution in [2.24, 2.45) is 0 Å². The van der Waals surface area contributed by atoms with E-state index in [1.807, 2.05) is 4.90 Å². The van der Waals surface area contributed by atoms with Crippen LogP contribution in [0, 0.1) is 5.82 Å². The van der Waals surface area contributed by atoms with Crippen molar-refractivity contribution >= 4 is 29.2 Å². The van der Waals surface area contributed by atoms with E-state index >= 15 is 0 Å². The first-order valence-electron chi connectivity index (χ1n) is 8.42. The Morgan fingerprint density at radius 3 is 2.28 bits per heavy atom.